The van der Waals surface area contributed by atoms with Crippen molar-refractivity contribution in [1.82, 2.24) is 0 Å². The second-order valence-corrected chi connectivity index (χ2v) is 5.47. The Labute approximate surface area is 136 Å². The van der Waals surface area contributed by atoms with Gasteiger partial charge in [0.15, 0.2) is 11.5 Å². The molecule has 0 amide bonds. The third-order valence-corrected chi connectivity index (χ3v) is 3.47. The largest absolute Gasteiger partial charge is 0.504 e. The third-order valence-electron chi connectivity index (χ3n) is 2.77. The van der Waals surface area contributed by atoms with Gasteiger partial charge in [-0.25, -0.2) is 0 Å². The minimum atomic E-state index is 0.0189. The summed E-state index contributed by atoms with van der Waals surface area (Å²) in [5, 5.41) is 10.6. The molecule has 0 saturated heterocycles. The number of ether oxygens (including phenoxy) is 2. The van der Waals surface area contributed by atoms with Gasteiger partial charge in [0.2, 0.25) is 0 Å². The lowest BCUT2D eigenvalue weighted by molar-refractivity contribution is 0.373. The van der Waals surface area contributed by atoms with Crippen LogP contribution in [0.5, 0.6) is 17.2 Å². The van der Waals surface area contributed by atoms with E-state index in [-0.39, 0.29) is 5.75 Å². The van der Waals surface area contributed by atoms with Crippen molar-refractivity contribution in [3.05, 3.63) is 45.4 Å². The number of aliphatic imine (C=N–C) groups is 1. The number of nitrogens with zero attached hydrogens (tertiary/aromatic N) is 1. The normalized spacial score (nSPS) is 10.9. The number of aromatic hydroxyl groups is 1. The van der Waals surface area contributed by atoms with Gasteiger partial charge in [0.05, 0.1) is 14.2 Å². The van der Waals surface area contributed by atoms with Gasteiger partial charge in [0.25, 0.3) is 0 Å². The number of methoxy groups -OCH3 is 2. The predicted molar refractivity (Wildman–Crippen MR) is 87.6 cm³/mol. The zero-order chi connectivity index (χ0) is 15.4. The van der Waals surface area contributed by atoms with Crippen LogP contribution in [0.3, 0.4) is 0 Å². The van der Waals surface area contributed by atoms with Crippen molar-refractivity contribution < 1.29 is 14.6 Å². The highest BCUT2D eigenvalue weighted by Gasteiger charge is 2.09. The highest BCUT2D eigenvalue weighted by molar-refractivity contribution is 9.10. The molecule has 110 valence electrons. The van der Waals surface area contributed by atoms with Gasteiger partial charge in [-0.1, -0.05) is 27.5 Å². The van der Waals surface area contributed by atoms with Crippen molar-refractivity contribution in [3.63, 3.8) is 0 Å². The highest BCUT2D eigenvalue weighted by atomic mass is 79.9. The summed E-state index contributed by atoms with van der Waals surface area (Å²) < 4.78 is 11.1. The molecular formula is C15H13BrClNO3. The van der Waals surface area contributed by atoms with Crippen molar-refractivity contribution in [1.29, 1.82) is 0 Å². The maximum atomic E-state index is 10.1. The summed E-state index contributed by atoms with van der Waals surface area (Å²) >= 11 is 9.31. The van der Waals surface area contributed by atoms with Gasteiger partial charge in [-0.3, -0.25) is 4.99 Å². The lowest BCUT2D eigenvalue weighted by Crippen LogP contribution is -1.90. The average Bonchev–Trinajstić information content (AvgIpc) is 2.47. The van der Waals surface area contributed by atoms with Gasteiger partial charge in [-0.05, 0) is 30.3 Å². The molecule has 0 fully saturated rings. The summed E-state index contributed by atoms with van der Waals surface area (Å²) in [4.78, 5) is 4.31. The second-order valence-electron chi connectivity index (χ2n) is 4.12. The van der Waals surface area contributed by atoms with E-state index in [1.54, 1.807) is 37.4 Å². The molecule has 6 heteroatoms. The van der Waals surface area contributed by atoms with E-state index in [0.717, 1.165) is 4.47 Å². The first-order chi connectivity index (χ1) is 10.0. The van der Waals surface area contributed by atoms with E-state index in [1.807, 2.05) is 0 Å². The maximum Gasteiger partial charge on any atom is 0.166 e. The molecule has 0 radical (unpaired) electrons. The summed E-state index contributed by atoms with van der Waals surface area (Å²) in [6, 6.07) is 8.55. The maximum absolute atomic E-state index is 10.1. The number of rotatable bonds is 4. The molecule has 2 aromatic rings. The Bertz CT molecular complexity index is 689. The lowest BCUT2D eigenvalue weighted by atomic mass is 10.2. The Kier molecular flexibility index (Phi) is 5.09. The molecule has 0 aliphatic rings. The Balaban J connectivity index is 2.42. The Morgan fingerprint density at radius 2 is 1.86 bits per heavy atom. The number of halogens is 2. The van der Waals surface area contributed by atoms with Crippen LogP contribution in [0.25, 0.3) is 0 Å². The summed E-state index contributed by atoms with van der Waals surface area (Å²) in [6.07, 6.45) is 1.52. The van der Waals surface area contributed by atoms with E-state index in [9.17, 15) is 5.11 Å². The fraction of sp³-hybridized carbons (Fsp3) is 0.133. The molecule has 4 nitrogen and oxygen atoms in total. The van der Waals surface area contributed by atoms with Crippen LogP contribution in [0.4, 0.5) is 5.69 Å². The zero-order valence-corrected chi connectivity index (χ0v) is 13.8. The van der Waals surface area contributed by atoms with Gasteiger partial charge in [0.1, 0.15) is 11.4 Å². The molecular weight excluding hydrogens is 358 g/mol. The number of phenolic OH excluding ortho intramolecular Hbond substituents is 1. The van der Waals surface area contributed by atoms with E-state index < -0.39 is 0 Å². The van der Waals surface area contributed by atoms with Crippen LogP contribution in [-0.2, 0) is 0 Å². The molecule has 0 atom stereocenters. The number of hydrogen-bond acceptors (Lipinski definition) is 4. The SMILES string of the molecule is COc1ccc(Cl)cc1N=Cc1cc(Br)cc(OC)c1O. The van der Waals surface area contributed by atoms with Gasteiger partial charge in [-0.2, -0.15) is 0 Å². The second kappa shape index (κ2) is 6.83. The quantitative estimate of drug-likeness (QED) is 0.802. The summed E-state index contributed by atoms with van der Waals surface area (Å²) in [5.41, 5.74) is 1.09. The predicted octanol–water partition coefficient (Wildman–Crippen LogP) is 4.58. The van der Waals surface area contributed by atoms with Gasteiger partial charge < -0.3 is 14.6 Å². The molecule has 2 rings (SSSR count). The highest BCUT2D eigenvalue weighted by Crippen LogP contribution is 2.34. The summed E-state index contributed by atoms with van der Waals surface area (Å²) in [5.74, 6) is 0.978. The monoisotopic (exact) mass is 369 g/mol. The molecule has 0 saturated carbocycles. The first kappa shape index (κ1) is 15.7. The lowest BCUT2D eigenvalue weighted by Gasteiger charge is -2.07. The van der Waals surface area contributed by atoms with Crippen LogP contribution in [0.1, 0.15) is 5.56 Å². The van der Waals surface area contributed by atoms with Crippen molar-refractivity contribution in [2.45, 2.75) is 0 Å². The molecule has 2 aromatic carbocycles. The van der Waals surface area contributed by atoms with E-state index in [4.69, 9.17) is 21.1 Å². The average molecular weight is 371 g/mol. The van der Waals surface area contributed by atoms with Gasteiger partial charge >= 0.3 is 0 Å². The van der Waals surface area contributed by atoms with Crippen molar-refractivity contribution in [3.8, 4) is 17.2 Å². The van der Waals surface area contributed by atoms with E-state index >= 15 is 0 Å². The summed E-state index contributed by atoms with van der Waals surface area (Å²) in [7, 11) is 3.05. The zero-order valence-electron chi connectivity index (χ0n) is 11.4. The topological polar surface area (TPSA) is 51.0 Å². The molecule has 1 N–H and O–H groups in total. The molecule has 0 heterocycles. The first-order valence-corrected chi connectivity index (χ1v) is 7.16. The molecule has 0 bridgehead atoms. The molecule has 0 aliphatic heterocycles. The van der Waals surface area contributed by atoms with Crippen LogP contribution in [0.2, 0.25) is 5.02 Å². The molecule has 0 aliphatic carbocycles. The number of hydrogen-bond donors (Lipinski definition) is 1. The van der Waals surface area contributed by atoms with Crippen LogP contribution >= 0.6 is 27.5 Å². The van der Waals surface area contributed by atoms with Gasteiger partial charge in [-0.15, -0.1) is 0 Å². The van der Waals surface area contributed by atoms with Crippen LogP contribution in [0.15, 0.2) is 39.8 Å². The van der Waals surface area contributed by atoms with E-state index in [1.165, 1.54) is 13.3 Å². The fourth-order valence-corrected chi connectivity index (χ4v) is 2.37. The van der Waals surface area contributed by atoms with E-state index in [2.05, 4.69) is 20.9 Å². The molecule has 0 aromatic heterocycles. The van der Waals surface area contributed by atoms with E-state index in [0.29, 0.717) is 27.8 Å². The van der Waals surface area contributed by atoms with Crippen molar-refractivity contribution in [2.24, 2.45) is 4.99 Å². The third kappa shape index (κ3) is 3.68. The number of benzene rings is 2. The van der Waals surface area contributed by atoms with Crippen LogP contribution < -0.4 is 9.47 Å². The van der Waals surface area contributed by atoms with Crippen LogP contribution in [0, 0.1) is 0 Å². The Morgan fingerprint density at radius 1 is 1.14 bits per heavy atom. The van der Waals surface area contributed by atoms with Crippen molar-refractivity contribution in [2.75, 3.05) is 14.2 Å². The van der Waals surface area contributed by atoms with Crippen molar-refractivity contribution >= 4 is 39.4 Å². The van der Waals surface area contributed by atoms with Crippen LogP contribution in [-0.4, -0.2) is 25.5 Å². The standard InChI is InChI=1S/C15H13BrClNO3/c1-20-13-4-3-11(17)7-12(13)18-8-9-5-10(16)6-14(21-2)15(9)19/h3-8,19H,1-2H3. The smallest absolute Gasteiger partial charge is 0.166 e. The molecule has 21 heavy (non-hydrogen) atoms. The minimum Gasteiger partial charge on any atom is -0.504 e. The first-order valence-electron chi connectivity index (χ1n) is 5.99. The minimum absolute atomic E-state index is 0.0189. The Hall–Kier alpha value is -1.72. The number of phenols is 1. The molecule has 0 spiro atoms. The fourth-order valence-electron chi connectivity index (χ4n) is 1.75. The Morgan fingerprint density at radius 3 is 2.52 bits per heavy atom. The van der Waals surface area contributed by atoms with Gasteiger partial charge in [0, 0.05) is 21.3 Å². The molecule has 0 unspecified atom stereocenters. The summed E-state index contributed by atoms with van der Waals surface area (Å²) in [6.45, 7) is 0.